The van der Waals surface area contributed by atoms with Gasteiger partial charge in [0.25, 0.3) is 0 Å². The van der Waals surface area contributed by atoms with E-state index in [2.05, 4.69) is 4.72 Å². The van der Waals surface area contributed by atoms with E-state index in [0.717, 1.165) is 4.90 Å². The van der Waals surface area contributed by atoms with Gasteiger partial charge in [-0.15, -0.1) is 0 Å². The number of benzene rings is 1. The lowest BCUT2D eigenvalue weighted by Gasteiger charge is -1.99. The highest BCUT2D eigenvalue weighted by molar-refractivity contribution is 7.83. The van der Waals surface area contributed by atoms with Crippen LogP contribution in [0.4, 0.5) is 0 Å². The summed E-state index contributed by atoms with van der Waals surface area (Å²) in [7, 11) is -1.16. The van der Waals surface area contributed by atoms with Gasteiger partial charge >= 0.3 is 0 Å². The zero-order valence-corrected chi connectivity index (χ0v) is 6.80. The zero-order valence-electron chi connectivity index (χ0n) is 5.99. The van der Waals surface area contributed by atoms with Crippen molar-refractivity contribution >= 4 is 11.0 Å². The van der Waals surface area contributed by atoms with Gasteiger partial charge in [-0.05, 0) is 12.1 Å². The van der Waals surface area contributed by atoms with Crippen LogP contribution in [0.5, 0.6) is 0 Å². The number of rotatable bonds is 3. The molecular weight excluding hydrogens is 160 g/mol. The fourth-order valence-electron chi connectivity index (χ4n) is 0.703. The maximum atomic E-state index is 11.2. The molecular formula is C7H10N2OS. The molecule has 0 amide bonds. The zero-order chi connectivity index (χ0) is 8.10. The molecule has 0 aliphatic carbocycles. The summed E-state index contributed by atoms with van der Waals surface area (Å²) in [4.78, 5) is 0.748. The van der Waals surface area contributed by atoms with Gasteiger partial charge in [-0.2, -0.15) is 0 Å². The van der Waals surface area contributed by atoms with E-state index in [9.17, 15) is 4.21 Å². The van der Waals surface area contributed by atoms with E-state index in [4.69, 9.17) is 5.73 Å². The van der Waals surface area contributed by atoms with E-state index < -0.39 is 11.0 Å². The van der Waals surface area contributed by atoms with Gasteiger partial charge in [-0.25, -0.2) is 8.93 Å². The number of hydrogen-bond donors (Lipinski definition) is 2. The molecule has 1 unspecified atom stereocenters. The molecule has 0 radical (unpaired) electrons. The smallest absolute Gasteiger partial charge is 0.126 e. The minimum Gasteiger partial charge on any atom is -0.318 e. The van der Waals surface area contributed by atoms with Crippen molar-refractivity contribution in [3.05, 3.63) is 30.3 Å². The minimum absolute atomic E-state index is 0.224. The maximum Gasteiger partial charge on any atom is 0.126 e. The van der Waals surface area contributed by atoms with Crippen LogP contribution in [0.25, 0.3) is 0 Å². The summed E-state index contributed by atoms with van der Waals surface area (Å²) >= 11 is 0. The van der Waals surface area contributed by atoms with Crippen molar-refractivity contribution in [2.24, 2.45) is 5.73 Å². The van der Waals surface area contributed by atoms with Crippen molar-refractivity contribution in [3.8, 4) is 0 Å². The normalized spacial score (nSPS) is 12.8. The van der Waals surface area contributed by atoms with Gasteiger partial charge in [0.15, 0.2) is 0 Å². The minimum atomic E-state index is -1.16. The van der Waals surface area contributed by atoms with Crippen molar-refractivity contribution < 1.29 is 4.21 Å². The van der Waals surface area contributed by atoms with Crippen LogP contribution < -0.4 is 10.5 Å². The average Bonchev–Trinajstić information content (AvgIpc) is 2.07. The second kappa shape index (κ2) is 4.23. The van der Waals surface area contributed by atoms with E-state index in [0.29, 0.717) is 0 Å². The van der Waals surface area contributed by atoms with Crippen LogP contribution in [0.15, 0.2) is 35.2 Å². The number of nitrogens with one attached hydrogen (secondary N) is 1. The molecule has 60 valence electrons. The van der Waals surface area contributed by atoms with Gasteiger partial charge in [0, 0.05) is 0 Å². The third-order valence-corrected chi connectivity index (χ3v) is 2.30. The van der Waals surface area contributed by atoms with E-state index >= 15 is 0 Å². The monoisotopic (exact) mass is 170 g/mol. The second-order valence-corrected chi connectivity index (χ2v) is 3.23. The first-order chi connectivity index (χ1) is 5.34. The quantitative estimate of drug-likeness (QED) is 0.637. The molecule has 0 spiro atoms. The molecule has 0 heterocycles. The lowest BCUT2D eigenvalue weighted by atomic mass is 10.4. The average molecular weight is 170 g/mol. The molecule has 0 saturated carbocycles. The lowest BCUT2D eigenvalue weighted by molar-refractivity contribution is 0.673. The molecule has 1 aromatic carbocycles. The van der Waals surface area contributed by atoms with Crippen LogP contribution in [0.1, 0.15) is 0 Å². The molecule has 0 bridgehead atoms. The first-order valence-electron chi connectivity index (χ1n) is 3.25. The Morgan fingerprint density at radius 2 is 2.00 bits per heavy atom. The van der Waals surface area contributed by atoms with Crippen LogP contribution in [-0.4, -0.2) is 10.9 Å². The summed E-state index contributed by atoms with van der Waals surface area (Å²) in [6.07, 6.45) is 0. The molecule has 0 aliphatic heterocycles. The highest BCUT2D eigenvalue weighted by atomic mass is 32.2. The Hall–Kier alpha value is -0.710. The molecule has 1 rings (SSSR count). The summed E-state index contributed by atoms with van der Waals surface area (Å²) in [5.74, 6) is 0. The van der Waals surface area contributed by atoms with Gasteiger partial charge in [0.2, 0.25) is 0 Å². The first-order valence-corrected chi connectivity index (χ1v) is 4.40. The first kappa shape index (κ1) is 8.39. The van der Waals surface area contributed by atoms with Gasteiger partial charge < -0.3 is 5.73 Å². The molecule has 3 nitrogen and oxygen atoms in total. The predicted molar refractivity (Wildman–Crippen MR) is 45.0 cm³/mol. The third-order valence-electron chi connectivity index (χ3n) is 1.17. The summed E-state index contributed by atoms with van der Waals surface area (Å²) in [5.41, 5.74) is 5.16. The molecule has 11 heavy (non-hydrogen) atoms. The number of nitrogens with two attached hydrogens (primary N) is 1. The standard InChI is InChI=1S/C7H10N2OS/c8-6-9-11(10)7-4-2-1-3-5-7/h1-5,9H,6,8H2. The Bertz CT molecular complexity index is 237. The molecule has 0 saturated heterocycles. The van der Waals surface area contributed by atoms with Crippen LogP contribution in [0.3, 0.4) is 0 Å². The fraction of sp³-hybridized carbons (Fsp3) is 0.143. The highest BCUT2D eigenvalue weighted by Crippen LogP contribution is 2.01. The van der Waals surface area contributed by atoms with Gasteiger partial charge in [0.05, 0.1) is 11.6 Å². The summed E-state index contributed by atoms with van der Waals surface area (Å²) in [5, 5.41) is 0. The molecule has 4 heteroatoms. The van der Waals surface area contributed by atoms with Gasteiger partial charge in [-0.1, -0.05) is 18.2 Å². The molecule has 3 N–H and O–H groups in total. The number of hydrogen-bond acceptors (Lipinski definition) is 2. The van der Waals surface area contributed by atoms with Crippen molar-refractivity contribution in [1.29, 1.82) is 0 Å². The van der Waals surface area contributed by atoms with Crippen molar-refractivity contribution in [2.75, 3.05) is 6.67 Å². The maximum absolute atomic E-state index is 11.2. The Morgan fingerprint density at radius 1 is 1.36 bits per heavy atom. The molecule has 0 fully saturated rings. The van der Waals surface area contributed by atoms with Gasteiger partial charge in [-0.3, -0.25) is 0 Å². The summed E-state index contributed by atoms with van der Waals surface area (Å²) in [6.45, 7) is 0.224. The second-order valence-electron chi connectivity index (χ2n) is 1.93. The van der Waals surface area contributed by atoms with Gasteiger partial charge in [0.1, 0.15) is 11.0 Å². The Balaban J connectivity index is 2.69. The van der Waals surface area contributed by atoms with Crippen LogP contribution in [0.2, 0.25) is 0 Å². The van der Waals surface area contributed by atoms with E-state index in [1.165, 1.54) is 0 Å². The summed E-state index contributed by atoms with van der Waals surface area (Å²) in [6, 6.07) is 9.14. The van der Waals surface area contributed by atoms with Crippen LogP contribution >= 0.6 is 0 Å². The molecule has 1 aromatic rings. The predicted octanol–water partition coefficient (Wildman–Crippen LogP) is 0.215. The topological polar surface area (TPSA) is 55.1 Å². The largest absolute Gasteiger partial charge is 0.318 e. The SMILES string of the molecule is NCNS(=O)c1ccccc1. The third kappa shape index (κ3) is 2.42. The van der Waals surface area contributed by atoms with E-state index in [1.807, 2.05) is 18.2 Å². The molecule has 0 aliphatic rings. The summed E-state index contributed by atoms with van der Waals surface area (Å²) < 4.78 is 13.8. The van der Waals surface area contributed by atoms with E-state index in [-0.39, 0.29) is 6.67 Å². The Kier molecular flexibility index (Phi) is 3.22. The van der Waals surface area contributed by atoms with E-state index in [1.54, 1.807) is 12.1 Å². The van der Waals surface area contributed by atoms with Crippen LogP contribution in [0, 0.1) is 0 Å². The highest BCUT2D eigenvalue weighted by Gasteiger charge is 1.98. The lowest BCUT2D eigenvalue weighted by Crippen LogP contribution is -2.24. The fourth-order valence-corrected chi connectivity index (χ4v) is 1.43. The Morgan fingerprint density at radius 3 is 2.55 bits per heavy atom. The molecule has 1 atom stereocenters. The Labute approximate surface area is 68.2 Å². The van der Waals surface area contributed by atoms with Crippen LogP contribution in [-0.2, 0) is 11.0 Å². The van der Waals surface area contributed by atoms with Crippen molar-refractivity contribution in [1.82, 2.24) is 4.72 Å². The van der Waals surface area contributed by atoms with Crippen molar-refractivity contribution in [3.63, 3.8) is 0 Å². The molecule has 0 aromatic heterocycles. The van der Waals surface area contributed by atoms with Crippen molar-refractivity contribution in [2.45, 2.75) is 4.90 Å².